The molecule has 0 unspecified atom stereocenters. The molecule has 5 nitrogen and oxygen atoms in total. The van der Waals surface area contributed by atoms with Gasteiger partial charge in [-0.3, -0.25) is 4.90 Å². The van der Waals surface area contributed by atoms with Crippen molar-refractivity contribution in [1.29, 1.82) is 0 Å². The minimum atomic E-state index is -0.456. The number of ether oxygens (including phenoxy) is 2. The second-order valence-corrected chi connectivity index (χ2v) is 8.53. The standard InChI is InChI=1S/C26H31NO4/c1-30-24-7-2-3-8-25(24)31-26-15-22-18-27(17-21(22)14-23(26)29)16-20-11-9-19(10-12-20)6-4-5-13-28/h2-3,7-12,21-23,26,28-29H,5,13-18H2,1H3/t21-,22+,23+,26+/m0/s1. The molecule has 1 saturated carbocycles. The van der Waals surface area contributed by atoms with Gasteiger partial charge in [0.15, 0.2) is 11.5 Å². The minimum Gasteiger partial charge on any atom is -0.493 e. The number of rotatable bonds is 6. The number of aliphatic hydroxyl groups excluding tert-OH is 2. The Balaban J connectivity index is 1.34. The van der Waals surface area contributed by atoms with E-state index in [0.29, 0.717) is 29.8 Å². The van der Waals surface area contributed by atoms with E-state index in [1.807, 2.05) is 36.4 Å². The van der Waals surface area contributed by atoms with E-state index in [9.17, 15) is 5.11 Å². The summed E-state index contributed by atoms with van der Waals surface area (Å²) in [5.41, 5.74) is 2.25. The summed E-state index contributed by atoms with van der Waals surface area (Å²) in [7, 11) is 1.64. The molecule has 2 aliphatic rings. The first-order valence-electron chi connectivity index (χ1n) is 11.0. The van der Waals surface area contributed by atoms with Gasteiger partial charge in [0.1, 0.15) is 6.10 Å². The number of hydrogen-bond donors (Lipinski definition) is 2. The first kappa shape index (κ1) is 21.7. The summed E-state index contributed by atoms with van der Waals surface area (Å²) in [5, 5.41) is 19.6. The third-order valence-electron chi connectivity index (χ3n) is 6.34. The predicted octanol–water partition coefficient (Wildman–Crippen LogP) is 3.08. The summed E-state index contributed by atoms with van der Waals surface area (Å²) in [6.07, 6.45) is 1.49. The molecule has 164 valence electrons. The fourth-order valence-corrected chi connectivity index (χ4v) is 4.79. The lowest BCUT2D eigenvalue weighted by atomic mass is 9.78. The number of likely N-dealkylation sites (tertiary alicyclic amines) is 1. The molecule has 31 heavy (non-hydrogen) atoms. The number of hydrogen-bond acceptors (Lipinski definition) is 5. The van der Waals surface area contributed by atoms with Gasteiger partial charge in [-0.2, -0.15) is 0 Å². The zero-order chi connectivity index (χ0) is 21.6. The molecule has 0 spiro atoms. The highest BCUT2D eigenvalue weighted by Gasteiger charge is 2.42. The number of fused-ring (bicyclic) bond motifs is 1. The molecule has 1 aliphatic heterocycles. The van der Waals surface area contributed by atoms with Crippen molar-refractivity contribution in [3.05, 3.63) is 59.7 Å². The van der Waals surface area contributed by atoms with E-state index in [-0.39, 0.29) is 12.7 Å². The van der Waals surface area contributed by atoms with Gasteiger partial charge in [-0.15, -0.1) is 0 Å². The van der Waals surface area contributed by atoms with Crippen LogP contribution in [0, 0.1) is 23.7 Å². The van der Waals surface area contributed by atoms with E-state index in [1.165, 1.54) is 5.56 Å². The third kappa shape index (κ3) is 5.40. The van der Waals surface area contributed by atoms with Crippen molar-refractivity contribution in [2.75, 3.05) is 26.8 Å². The van der Waals surface area contributed by atoms with Gasteiger partial charge < -0.3 is 19.7 Å². The average Bonchev–Trinajstić information content (AvgIpc) is 3.16. The number of para-hydroxylation sites is 2. The zero-order valence-corrected chi connectivity index (χ0v) is 18.0. The molecular formula is C26H31NO4. The van der Waals surface area contributed by atoms with Crippen LogP contribution in [0.5, 0.6) is 11.5 Å². The van der Waals surface area contributed by atoms with Crippen molar-refractivity contribution in [2.45, 2.75) is 38.0 Å². The smallest absolute Gasteiger partial charge is 0.161 e. The van der Waals surface area contributed by atoms with Crippen LogP contribution in [0.15, 0.2) is 48.5 Å². The third-order valence-corrected chi connectivity index (χ3v) is 6.34. The highest BCUT2D eigenvalue weighted by molar-refractivity contribution is 5.39. The maximum atomic E-state index is 10.7. The quantitative estimate of drug-likeness (QED) is 0.702. The van der Waals surface area contributed by atoms with Gasteiger partial charge >= 0.3 is 0 Å². The van der Waals surface area contributed by atoms with Crippen LogP contribution >= 0.6 is 0 Å². The molecule has 0 bridgehead atoms. The summed E-state index contributed by atoms with van der Waals surface area (Å²) < 4.78 is 11.6. The average molecular weight is 422 g/mol. The summed E-state index contributed by atoms with van der Waals surface area (Å²) in [6.45, 7) is 3.05. The van der Waals surface area contributed by atoms with Crippen LogP contribution in [0.1, 0.15) is 30.4 Å². The van der Waals surface area contributed by atoms with E-state index in [0.717, 1.165) is 38.0 Å². The lowest BCUT2D eigenvalue weighted by molar-refractivity contribution is -0.0240. The molecule has 5 heteroatoms. The Kier molecular flexibility index (Phi) is 7.14. The SMILES string of the molecule is COc1ccccc1O[C@@H]1C[C@@H]2CN(Cc3ccc(C#CCCO)cc3)C[C@@H]2C[C@H]1O. The largest absolute Gasteiger partial charge is 0.493 e. The molecule has 2 N–H and O–H groups in total. The van der Waals surface area contributed by atoms with Crippen LogP contribution in [0.4, 0.5) is 0 Å². The van der Waals surface area contributed by atoms with Gasteiger partial charge in [-0.1, -0.05) is 36.1 Å². The van der Waals surface area contributed by atoms with E-state index in [4.69, 9.17) is 14.6 Å². The van der Waals surface area contributed by atoms with Crippen molar-refractivity contribution in [3.63, 3.8) is 0 Å². The molecule has 1 aliphatic carbocycles. The summed E-state index contributed by atoms with van der Waals surface area (Å²) in [6, 6.07) is 16.0. The Hall–Kier alpha value is -2.52. The fourth-order valence-electron chi connectivity index (χ4n) is 4.79. The van der Waals surface area contributed by atoms with Gasteiger partial charge in [0, 0.05) is 31.6 Å². The van der Waals surface area contributed by atoms with E-state index >= 15 is 0 Å². The second kappa shape index (κ2) is 10.2. The van der Waals surface area contributed by atoms with Crippen molar-refractivity contribution in [3.8, 4) is 23.3 Å². The predicted molar refractivity (Wildman–Crippen MR) is 120 cm³/mol. The van der Waals surface area contributed by atoms with Gasteiger partial charge in [0.25, 0.3) is 0 Å². The highest BCUT2D eigenvalue weighted by atomic mass is 16.5. The van der Waals surface area contributed by atoms with Crippen molar-refractivity contribution >= 4 is 0 Å². The molecular weight excluding hydrogens is 390 g/mol. The van der Waals surface area contributed by atoms with E-state index in [1.54, 1.807) is 7.11 Å². The molecule has 2 aromatic rings. The first-order chi connectivity index (χ1) is 15.2. The van der Waals surface area contributed by atoms with Gasteiger partial charge in [-0.25, -0.2) is 0 Å². The van der Waals surface area contributed by atoms with Gasteiger partial charge in [0.05, 0.1) is 19.8 Å². The van der Waals surface area contributed by atoms with Crippen LogP contribution in [0.25, 0.3) is 0 Å². The molecule has 1 saturated heterocycles. The molecule has 2 fully saturated rings. The molecule has 2 aromatic carbocycles. The van der Waals surface area contributed by atoms with Crippen molar-refractivity contribution in [1.82, 2.24) is 4.90 Å². The van der Waals surface area contributed by atoms with Crippen molar-refractivity contribution < 1.29 is 19.7 Å². The number of aliphatic hydroxyl groups is 2. The molecule has 0 amide bonds. The van der Waals surface area contributed by atoms with Crippen LogP contribution in [-0.2, 0) is 6.54 Å². The van der Waals surface area contributed by atoms with E-state index in [2.05, 4.69) is 28.9 Å². The van der Waals surface area contributed by atoms with E-state index < -0.39 is 6.10 Å². The molecule has 1 heterocycles. The Labute approximate surface area is 184 Å². The highest BCUT2D eigenvalue weighted by Crippen LogP contribution is 2.39. The summed E-state index contributed by atoms with van der Waals surface area (Å²) in [5.74, 6) is 8.47. The monoisotopic (exact) mass is 421 g/mol. The fraction of sp³-hybridized carbons (Fsp3) is 0.462. The normalized spacial score (nSPS) is 25.4. The first-order valence-corrected chi connectivity index (χ1v) is 11.0. The van der Waals surface area contributed by atoms with Crippen molar-refractivity contribution in [2.24, 2.45) is 11.8 Å². The molecule has 4 rings (SSSR count). The van der Waals surface area contributed by atoms with Crippen LogP contribution in [-0.4, -0.2) is 54.1 Å². The lowest BCUT2D eigenvalue weighted by Gasteiger charge is -2.35. The van der Waals surface area contributed by atoms with Gasteiger partial charge in [-0.05, 0) is 54.5 Å². The maximum Gasteiger partial charge on any atom is 0.161 e. The zero-order valence-electron chi connectivity index (χ0n) is 18.0. The maximum absolute atomic E-state index is 10.7. The summed E-state index contributed by atoms with van der Waals surface area (Å²) >= 11 is 0. The molecule has 0 aromatic heterocycles. The molecule has 4 atom stereocenters. The van der Waals surface area contributed by atoms with Crippen LogP contribution in [0.2, 0.25) is 0 Å². The number of nitrogens with zero attached hydrogens (tertiary/aromatic N) is 1. The Morgan fingerprint density at radius 2 is 1.71 bits per heavy atom. The Morgan fingerprint density at radius 3 is 2.42 bits per heavy atom. The lowest BCUT2D eigenvalue weighted by Crippen LogP contribution is -2.42. The molecule has 0 radical (unpaired) electrons. The van der Waals surface area contributed by atoms with Crippen LogP contribution in [0.3, 0.4) is 0 Å². The number of benzene rings is 2. The Bertz CT molecular complexity index is 917. The van der Waals surface area contributed by atoms with Gasteiger partial charge in [0.2, 0.25) is 0 Å². The number of methoxy groups -OCH3 is 1. The van der Waals surface area contributed by atoms with Crippen LogP contribution < -0.4 is 9.47 Å². The topological polar surface area (TPSA) is 62.2 Å². The second-order valence-electron chi connectivity index (χ2n) is 8.53. The summed E-state index contributed by atoms with van der Waals surface area (Å²) in [4.78, 5) is 2.49. The minimum absolute atomic E-state index is 0.0991. The Morgan fingerprint density at radius 1 is 1.00 bits per heavy atom.